The summed E-state index contributed by atoms with van der Waals surface area (Å²) in [6, 6.07) is 3.64. The number of carboxylic acid groups (broad SMARTS) is 1. The predicted molar refractivity (Wildman–Crippen MR) is 206 cm³/mol. The number of hydrogen-bond acceptors (Lipinski definition) is 9. The molecule has 2 aromatic rings. The molecule has 3 N–H and O–H groups in total. The van der Waals surface area contributed by atoms with Crippen molar-refractivity contribution in [3.8, 4) is 11.5 Å². The van der Waals surface area contributed by atoms with Crippen LogP contribution in [0.25, 0.3) is 10.9 Å². The Bertz CT molecular complexity index is 2090. The van der Waals surface area contributed by atoms with Crippen molar-refractivity contribution in [2.45, 2.75) is 127 Å². The third-order valence-corrected chi connectivity index (χ3v) is 14.4. The lowest BCUT2D eigenvalue weighted by Crippen LogP contribution is -2.66. The van der Waals surface area contributed by atoms with Crippen molar-refractivity contribution in [1.82, 2.24) is 24.8 Å². The first-order valence-electron chi connectivity index (χ1n) is 19.7. The van der Waals surface area contributed by atoms with E-state index in [0.29, 0.717) is 62.8 Å². The second-order valence-corrected chi connectivity index (χ2v) is 19.3. The Morgan fingerprint density at radius 2 is 1.81 bits per heavy atom. The molecule has 318 valence electrons. The molecule has 3 fully saturated rings. The van der Waals surface area contributed by atoms with Crippen LogP contribution in [-0.2, 0) is 24.4 Å². The highest BCUT2D eigenvalue weighted by molar-refractivity contribution is 7.91. The Balaban J connectivity index is 1.40. The smallest absolute Gasteiger partial charge is 0.411 e. The third kappa shape index (κ3) is 8.30. The molecule has 3 heterocycles. The average molecular weight is 836 g/mol. The molecule has 1 aromatic heterocycles. The number of nitrogens with zero attached hydrogens (tertiary/aromatic N) is 3. The number of alkyl halides is 3. The zero-order valence-corrected chi connectivity index (χ0v) is 34.3. The number of pyridine rings is 1. The molecule has 2 aliphatic heterocycles. The van der Waals surface area contributed by atoms with Gasteiger partial charge < -0.3 is 24.8 Å². The Morgan fingerprint density at radius 1 is 1.12 bits per heavy atom. The van der Waals surface area contributed by atoms with Crippen molar-refractivity contribution in [1.29, 1.82) is 0 Å². The van der Waals surface area contributed by atoms with Gasteiger partial charge in [-0.2, -0.15) is 13.2 Å². The van der Waals surface area contributed by atoms with Crippen molar-refractivity contribution in [2.24, 2.45) is 17.8 Å². The third-order valence-electron chi connectivity index (χ3n) is 12.2. The number of aromatic nitrogens is 1. The summed E-state index contributed by atoms with van der Waals surface area (Å²) in [6.07, 6.45) is -1.27. The van der Waals surface area contributed by atoms with Gasteiger partial charge in [0.05, 0.1) is 29.6 Å². The van der Waals surface area contributed by atoms with Crippen LogP contribution >= 0.6 is 0 Å². The highest BCUT2D eigenvalue weighted by Crippen LogP contribution is 2.48. The summed E-state index contributed by atoms with van der Waals surface area (Å²) in [6.45, 7) is 8.23. The van der Waals surface area contributed by atoms with Gasteiger partial charge in [-0.15, -0.1) is 0 Å². The van der Waals surface area contributed by atoms with Gasteiger partial charge in [-0.05, 0) is 102 Å². The quantitative estimate of drug-likeness (QED) is 0.271. The van der Waals surface area contributed by atoms with Gasteiger partial charge in [-0.1, -0.05) is 26.0 Å². The van der Waals surface area contributed by atoms with Crippen LogP contribution in [0, 0.1) is 17.8 Å². The van der Waals surface area contributed by atoms with Crippen LogP contribution in [0.4, 0.5) is 18.0 Å². The van der Waals surface area contributed by atoms with E-state index in [1.54, 1.807) is 30.3 Å². The average Bonchev–Trinajstić information content (AvgIpc) is 4.01. The lowest BCUT2D eigenvalue weighted by molar-refractivity contribution is -0.222. The number of amides is 4. The van der Waals surface area contributed by atoms with E-state index in [4.69, 9.17) is 9.47 Å². The minimum atomic E-state index is -5.09. The van der Waals surface area contributed by atoms with Gasteiger partial charge in [-0.3, -0.25) is 29.0 Å². The molecule has 0 radical (unpaired) electrons. The molecule has 2 saturated carbocycles. The molecule has 18 heteroatoms. The molecule has 4 amide bonds. The molecule has 0 spiro atoms. The number of halogens is 3. The monoisotopic (exact) mass is 835 g/mol. The molecule has 1 saturated heterocycles. The number of ether oxygens (including phenoxy) is 2. The molecule has 0 bridgehead atoms. The summed E-state index contributed by atoms with van der Waals surface area (Å²) in [7, 11) is -4.11. The highest BCUT2D eigenvalue weighted by atomic mass is 32.2. The van der Waals surface area contributed by atoms with E-state index in [9.17, 15) is 45.9 Å². The maximum atomic E-state index is 15.0. The van der Waals surface area contributed by atoms with Crippen molar-refractivity contribution in [3.63, 3.8) is 0 Å². The number of rotatable bonds is 9. The van der Waals surface area contributed by atoms with Crippen LogP contribution < -0.4 is 19.5 Å². The van der Waals surface area contributed by atoms with Crippen LogP contribution in [0.15, 0.2) is 42.6 Å². The summed E-state index contributed by atoms with van der Waals surface area (Å²) in [5.74, 6) is -3.72. The lowest BCUT2D eigenvalue weighted by Gasteiger charge is -2.45. The van der Waals surface area contributed by atoms with Gasteiger partial charge in [0.25, 0.3) is 5.91 Å². The van der Waals surface area contributed by atoms with Crippen molar-refractivity contribution in [2.75, 3.05) is 13.2 Å². The number of nitrogens with one attached hydrogen (secondary N) is 2. The molecule has 6 rings (SSSR count). The SMILES string of the molecule is CCOc1ccc2ncc(O[C@@H]3C[C@H]4C(=O)N[C@]5(C(=O)NS(=O)(=O)C6(C)CC6)C[C@H]5/C=C\CC[C@@H](C)C[C@@H](C)[C@H](N(C(=O)O)C(C)(C)C(F)(F)F)C(=O)N4C3)cc2c1. The molecule has 14 nitrogen and oxygen atoms in total. The maximum absolute atomic E-state index is 15.0. The Kier molecular flexibility index (Phi) is 11.5. The van der Waals surface area contributed by atoms with Crippen LogP contribution in [0.5, 0.6) is 11.5 Å². The number of fused-ring (bicyclic) bond motifs is 3. The van der Waals surface area contributed by atoms with Crippen molar-refractivity contribution < 1.29 is 55.3 Å². The van der Waals surface area contributed by atoms with Gasteiger partial charge in [0.1, 0.15) is 40.8 Å². The number of hydrogen-bond donors (Lipinski definition) is 3. The summed E-state index contributed by atoms with van der Waals surface area (Å²) < 4.78 is 83.3. The fraction of sp³-hybridized carbons (Fsp3) is 0.625. The second-order valence-electron chi connectivity index (χ2n) is 17.1. The number of sulfonamides is 1. The first-order valence-corrected chi connectivity index (χ1v) is 21.2. The summed E-state index contributed by atoms with van der Waals surface area (Å²) in [5.41, 5.74) is -4.10. The highest BCUT2D eigenvalue weighted by Gasteiger charge is 2.64. The minimum Gasteiger partial charge on any atom is -0.494 e. The standard InChI is InChI=1S/C40H52F3N5O9S/c1-7-56-27-12-13-30-25(17-27)18-28(21-44-30)57-29-19-31-33(49)45-39(35(51)46-58(54,55)38(6)14-15-38)20-26(39)11-9-8-10-23(2)16-24(3)32(34(50)47(31)22-29)48(36(52)53)37(4,5)40(41,42)43/h9,11-13,17-18,21,23-24,26,29,31-32H,7-8,10,14-16,19-20,22H2,1-6H3,(H,45,49)(H,46,51)(H,52,53)/b11-9-/t23-,24-,26-,29-,31+,32+,39-/m1/s1. The van der Waals surface area contributed by atoms with E-state index >= 15 is 0 Å². The number of benzene rings is 1. The van der Waals surface area contributed by atoms with Crippen molar-refractivity contribution in [3.05, 3.63) is 42.6 Å². The Morgan fingerprint density at radius 3 is 2.45 bits per heavy atom. The molecule has 0 unspecified atom stereocenters. The molecule has 7 atom stereocenters. The van der Waals surface area contributed by atoms with Gasteiger partial charge >= 0.3 is 12.3 Å². The van der Waals surface area contributed by atoms with Gasteiger partial charge in [0.15, 0.2) is 0 Å². The van der Waals surface area contributed by atoms with Gasteiger partial charge in [0, 0.05) is 17.7 Å². The molecule has 1 aromatic carbocycles. The zero-order valence-electron chi connectivity index (χ0n) is 33.5. The normalized spacial score (nSPS) is 29.5. The number of carbonyl (C=O) groups excluding carboxylic acids is 3. The van der Waals surface area contributed by atoms with Gasteiger partial charge in [0.2, 0.25) is 21.8 Å². The van der Waals surface area contributed by atoms with E-state index in [-0.39, 0.29) is 42.4 Å². The number of carbonyl (C=O) groups is 4. The fourth-order valence-corrected chi connectivity index (χ4v) is 9.50. The summed E-state index contributed by atoms with van der Waals surface area (Å²) in [4.78, 5) is 61.9. The molecule has 2 aliphatic carbocycles. The molecule has 4 aliphatic rings. The first-order chi connectivity index (χ1) is 27.0. The van der Waals surface area contributed by atoms with Crippen LogP contribution in [-0.4, -0.2) is 105 Å². The summed E-state index contributed by atoms with van der Waals surface area (Å²) >= 11 is 0. The molecular weight excluding hydrogens is 784 g/mol. The zero-order chi connectivity index (χ0) is 42.6. The minimum absolute atomic E-state index is 0.0577. The van der Waals surface area contributed by atoms with Crippen LogP contribution in [0.3, 0.4) is 0 Å². The van der Waals surface area contributed by atoms with E-state index < -0.39 is 85.9 Å². The Labute approximate surface area is 335 Å². The summed E-state index contributed by atoms with van der Waals surface area (Å²) in [5, 5.41) is 13.8. The fourth-order valence-electron chi connectivity index (χ4n) is 8.19. The Hall–Kier alpha value is -4.61. The topological polar surface area (TPSA) is 185 Å². The van der Waals surface area contributed by atoms with Crippen LogP contribution in [0.2, 0.25) is 0 Å². The van der Waals surface area contributed by atoms with Gasteiger partial charge in [-0.25, -0.2) is 13.2 Å². The van der Waals surface area contributed by atoms with E-state index in [2.05, 4.69) is 15.0 Å². The van der Waals surface area contributed by atoms with E-state index in [1.807, 2.05) is 19.9 Å². The van der Waals surface area contributed by atoms with Crippen molar-refractivity contribution >= 4 is 44.7 Å². The van der Waals surface area contributed by atoms with E-state index in [1.165, 1.54) is 20.0 Å². The van der Waals surface area contributed by atoms with Crippen LogP contribution in [0.1, 0.15) is 86.5 Å². The second kappa shape index (κ2) is 15.5. The maximum Gasteiger partial charge on any atom is 0.411 e. The first kappa shape index (κ1) is 43.0. The predicted octanol–water partition coefficient (Wildman–Crippen LogP) is 5.56. The van der Waals surface area contributed by atoms with E-state index in [0.717, 1.165) is 4.90 Å². The number of allylic oxidation sites excluding steroid dienone is 1. The molecular formula is C40H52F3N5O9S. The largest absolute Gasteiger partial charge is 0.494 e. The molecule has 58 heavy (non-hydrogen) atoms. The lowest BCUT2D eigenvalue weighted by atomic mass is 9.85.